The van der Waals surface area contributed by atoms with E-state index in [9.17, 15) is 0 Å². The molecule has 0 aliphatic heterocycles. The Labute approximate surface area is 98.9 Å². The van der Waals surface area contributed by atoms with E-state index >= 15 is 0 Å². The molecule has 16 heavy (non-hydrogen) atoms. The highest BCUT2D eigenvalue weighted by Gasteiger charge is 2.15. The van der Waals surface area contributed by atoms with E-state index in [1.165, 1.54) is 0 Å². The molecule has 2 nitrogen and oxygen atoms in total. The normalized spacial score (nSPS) is 12.2. The molecule has 1 rings (SSSR count). The molecule has 0 aliphatic rings. The van der Waals surface area contributed by atoms with Gasteiger partial charge in [0.2, 0.25) is 0 Å². The third-order valence-corrected chi connectivity index (χ3v) is 1.56. The van der Waals surface area contributed by atoms with Crippen LogP contribution in [0.15, 0.2) is 43.5 Å². The lowest BCUT2D eigenvalue weighted by Gasteiger charge is -2.25. The zero-order valence-corrected chi connectivity index (χ0v) is 10.7. The molecule has 0 saturated carbocycles. The molecule has 0 spiro atoms. The van der Waals surface area contributed by atoms with Crippen molar-refractivity contribution in [2.45, 2.75) is 39.6 Å². The van der Waals surface area contributed by atoms with E-state index in [4.69, 9.17) is 9.47 Å². The number of rotatable bonds is 3. The van der Waals surface area contributed by atoms with E-state index in [1.54, 1.807) is 0 Å². The predicted molar refractivity (Wildman–Crippen MR) is 68.6 cm³/mol. The standard InChI is InChI=1S/C12H18O2.C2H4/c1-10(14-12(2,3)4)13-11-8-6-5-7-9-11;1-2/h5-10H,1-4H3;1-2H2. The maximum Gasteiger partial charge on any atom is 0.197 e. The van der Waals surface area contributed by atoms with Gasteiger partial charge >= 0.3 is 0 Å². The monoisotopic (exact) mass is 222 g/mol. The molecule has 0 saturated heterocycles. The van der Waals surface area contributed by atoms with Crippen molar-refractivity contribution in [3.05, 3.63) is 43.5 Å². The summed E-state index contributed by atoms with van der Waals surface area (Å²) in [6.07, 6.45) is -0.225. The van der Waals surface area contributed by atoms with Crippen molar-refractivity contribution in [3.8, 4) is 5.75 Å². The van der Waals surface area contributed by atoms with Gasteiger partial charge in [-0.2, -0.15) is 0 Å². The Hall–Kier alpha value is -1.28. The lowest BCUT2D eigenvalue weighted by molar-refractivity contribution is -0.140. The fraction of sp³-hybridized carbons (Fsp3) is 0.429. The van der Waals surface area contributed by atoms with Crippen LogP contribution in [0.1, 0.15) is 27.7 Å². The summed E-state index contributed by atoms with van der Waals surface area (Å²) < 4.78 is 11.2. The summed E-state index contributed by atoms with van der Waals surface area (Å²) in [6.45, 7) is 13.9. The van der Waals surface area contributed by atoms with Gasteiger partial charge in [0, 0.05) is 0 Å². The Balaban J connectivity index is 0.00000106. The van der Waals surface area contributed by atoms with E-state index < -0.39 is 0 Å². The molecular weight excluding hydrogens is 200 g/mol. The number of hydrogen-bond donors (Lipinski definition) is 0. The van der Waals surface area contributed by atoms with Gasteiger partial charge in [0.05, 0.1) is 5.60 Å². The Morgan fingerprint density at radius 1 is 1.06 bits per heavy atom. The van der Waals surface area contributed by atoms with Crippen LogP contribution in [-0.2, 0) is 4.74 Å². The summed E-state index contributed by atoms with van der Waals surface area (Å²) in [7, 11) is 0. The van der Waals surface area contributed by atoms with Crippen molar-refractivity contribution in [1.29, 1.82) is 0 Å². The topological polar surface area (TPSA) is 18.5 Å². The zero-order chi connectivity index (χ0) is 12.6. The molecule has 1 atom stereocenters. The molecule has 2 heteroatoms. The van der Waals surface area contributed by atoms with Crippen LogP contribution < -0.4 is 4.74 Å². The molecule has 0 aliphatic carbocycles. The summed E-state index contributed by atoms with van der Waals surface area (Å²) in [5, 5.41) is 0. The van der Waals surface area contributed by atoms with Gasteiger partial charge < -0.3 is 9.47 Å². The highest BCUT2D eigenvalue weighted by molar-refractivity contribution is 5.20. The molecule has 1 aromatic rings. The fourth-order valence-corrected chi connectivity index (χ4v) is 1.21. The van der Waals surface area contributed by atoms with Gasteiger partial charge in [-0.25, -0.2) is 0 Å². The van der Waals surface area contributed by atoms with Gasteiger partial charge in [0.1, 0.15) is 5.75 Å². The minimum Gasteiger partial charge on any atom is -0.465 e. The van der Waals surface area contributed by atoms with Crippen LogP contribution in [0.3, 0.4) is 0 Å². The van der Waals surface area contributed by atoms with Gasteiger partial charge in [0.25, 0.3) is 0 Å². The SMILES string of the molecule is C=C.CC(Oc1ccccc1)OC(C)(C)C. The number of ether oxygens (including phenoxy) is 2. The van der Waals surface area contributed by atoms with E-state index in [-0.39, 0.29) is 11.9 Å². The predicted octanol–water partition coefficient (Wildman–Crippen LogP) is 4.03. The molecule has 0 amide bonds. The fourth-order valence-electron chi connectivity index (χ4n) is 1.21. The van der Waals surface area contributed by atoms with Crippen LogP contribution >= 0.6 is 0 Å². The van der Waals surface area contributed by atoms with Crippen molar-refractivity contribution >= 4 is 0 Å². The van der Waals surface area contributed by atoms with E-state index in [0.29, 0.717) is 0 Å². The molecule has 0 fully saturated rings. The molecule has 0 radical (unpaired) electrons. The molecular formula is C14H22O2. The highest BCUT2D eigenvalue weighted by atomic mass is 16.7. The first kappa shape index (κ1) is 14.7. The first-order valence-corrected chi connectivity index (χ1v) is 5.37. The van der Waals surface area contributed by atoms with Gasteiger partial charge in [-0.05, 0) is 39.8 Å². The quantitative estimate of drug-likeness (QED) is 0.568. The second-order valence-corrected chi connectivity index (χ2v) is 4.23. The van der Waals surface area contributed by atoms with Crippen molar-refractivity contribution in [2.75, 3.05) is 0 Å². The van der Waals surface area contributed by atoms with Crippen molar-refractivity contribution in [2.24, 2.45) is 0 Å². The molecule has 0 aromatic heterocycles. The van der Waals surface area contributed by atoms with Crippen LogP contribution in [0.4, 0.5) is 0 Å². The highest BCUT2D eigenvalue weighted by Crippen LogP contribution is 2.15. The van der Waals surface area contributed by atoms with Crippen LogP contribution in [0.5, 0.6) is 5.75 Å². The molecule has 0 N–H and O–H groups in total. The lowest BCUT2D eigenvalue weighted by Crippen LogP contribution is -2.29. The van der Waals surface area contributed by atoms with Gasteiger partial charge in [-0.1, -0.05) is 18.2 Å². The summed E-state index contributed by atoms with van der Waals surface area (Å²) in [6, 6.07) is 9.69. The molecule has 1 aromatic carbocycles. The van der Waals surface area contributed by atoms with Gasteiger partial charge in [-0.3, -0.25) is 0 Å². The minimum atomic E-state index is -0.225. The first-order chi connectivity index (χ1) is 7.47. The van der Waals surface area contributed by atoms with Crippen LogP contribution in [0.2, 0.25) is 0 Å². The zero-order valence-electron chi connectivity index (χ0n) is 10.7. The largest absolute Gasteiger partial charge is 0.465 e. The van der Waals surface area contributed by atoms with Crippen LogP contribution in [-0.4, -0.2) is 11.9 Å². The Kier molecular flexibility index (Phi) is 6.50. The average Bonchev–Trinajstić information content (AvgIpc) is 2.19. The van der Waals surface area contributed by atoms with E-state index in [0.717, 1.165) is 5.75 Å². The second-order valence-electron chi connectivity index (χ2n) is 4.23. The third kappa shape index (κ3) is 7.07. The Morgan fingerprint density at radius 2 is 1.56 bits per heavy atom. The van der Waals surface area contributed by atoms with Crippen molar-refractivity contribution in [1.82, 2.24) is 0 Å². The van der Waals surface area contributed by atoms with E-state index in [1.807, 2.05) is 58.0 Å². The van der Waals surface area contributed by atoms with Crippen LogP contribution in [0.25, 0.3) is 0 Å². The Morgan fingerprint density at radius 3 is 2.00 bits per heavy atom. The summed E-state index contributed by atoms with van der Waals surface area (Å²) >= 11 is 0. The van der Waals surface area contributed by atoms with Gasteiger partial charge in [-0.15, -0.1) is 13.2 Å². The van der Waals surface area contributed by atoms with Gasteiger partial charge in [0.15, 0.2) is 6.29 Å². The second kappa shape index (κ2) is 7.07. The molecule has 0 bridgehead atoms. The maximum absolute atomic E-state index is 5.62. The lowest BCUT2D eigenvalue weighted by atomic mass is 10.2. The number of para-hydroxylation sites is 1. The molecule has 0 heterocycles. The summed E-state index contributed by atoms with van der Waals surface area (Å²) in [4.78, 5) is 0. The Bertz CT molecular complexity index is 275. The van der Waals surface area contributed by atoms with Crippen LogP contribution in [0, 0.1) is 0 Å². The third-order valence-electron chi connectivity index (χ3n) is 1.56. The first-order valence-electron chi connectivity index (χ1n) is 5.37. The average molecular weight is 222 g/mol. The number of hydrogen-bond acceptors (Lipinski definition) is 2. The van der Waals surface area contributed by atoms with E-state index in [2.05, 4.69) is 13.2 Å². The summed E-state index contributed by atoms with van der Waals surface area (Å²) in [5.41, 5.74) is -0.172. The molecule has 90 valence electrons. The smallest absolute Gasteiger partial charge is 0.197 e. The minimum absolute atomic E-state index is 0.172. The summed E-state index contributed by atoms with van der Waals surface area (Å²) in [5.74, 6) is 0.837. The molecule has 1 unspecified atom stereocenters. The number of benzene rings is 1. The van der Waals surface area contributed by atoms with Crippen molar-refractivity contribution in [3.63, 3.8) is 0 Å². The van der Waals surface area contributed by atoms with Crippen molar-refractivity contribution < 1.29 is 9.47 Å². The maximum atomic E-state index is 5.62.